The summed E-state index contributed by atoms with van der Waals surface area (Å²) < 4.78 is 12.8. The highest BCUT2D eigenvalue weighted by atomic mass is 19.1. The van der Waals surface area contributed by atoms with Gasteiger partial charge in [0.1, 0.15) is 5.82 Å². The molecule has 0 saturated heterocycles. The van der Waals surface area contributed by atoms with Crippen molar-refractivity contribution in [2.24, 2.45) is 5.92 Å². The van der Waals surface area contributed by atoms with E-state index in [1.54, 1.807) is 12.1 Å². The highest BCUT2D eigenvalue weighted by molar-refractivity contribution is 5.21. The van der Waals surface area contributed by atoms with E-state index >= 15 is 0 Å². The molecule has 0 aliphatic heterocycles. The minimum absolute atomic E-state index is 0.128. The summed E-state index contributed by atoms with van der Waals surface area (Å²) in [4.78, 5) is 0. The summed E-state index contributed by atoms with van der Waals surface area (Å²) in [6.07, 6.45) is 5.28. The van der Waals surface area contributed by atoms with E-state index in [2.05, 4.69) is 6.92 Å². The van der Waals surface area contributed by atoms with Crippen LogP contribution in [0, 0.1) is 11.7 Å². The fourth-order valence-corrected chi connectivity index (χ4v) is 2.52. The molecule has 1 fully saturated rings. The maximum Gasteiger partial charge on any atom is 0.123 e. The van der Waals surface area contributed by atoms with Crippen LogP contribution in [-0.2, 0) is 0 Å². The Morgan fingerprint density at radius 3 is 2.36 bits per heavy atom. The summed E-state index contributed by atoms with van der Waals surface area (Å²) in [5.74, 6) is 1.29. The molecule has 76 valence electrons. The maximum absolute atomic E-state index is 12.8. The van der Waals surface area contributed by atoms with Gasteiger partial charge in [0, 0.05) is 0 Å². The largest absolute Gasteiger partial charge is 0.207 e. The normalized spacial score (nSPS) is 27.6. The van der Waals surface area contributed by atoms with Crippen LogP contribution < -0.4 is 0 Å². The van der Waals surface area contributed by atoms with Crippen molar-refractivity contribution >= 4 is 0 Å². The number of hydrogen-bond donors (Lipinski definition) is 0. The lowest BCUT2D eigenvalue weighted by atomic mass is 9.76. The Bertz CT molecular complexity index is 289. The van der Waals surface area contributed by atoms with Gasteiger partial charge in [-0.3, -0.25) is 0 Å². The van der Waals surface area contributed by atoms with E-state index in [0.29, 0.717) is 5.92 Å². The number of rotatable bonds is 1. The zero-order valence-electron chi connectivity index (χ0n) is 8.67. The Morgan fingerprint density at radius 2 is 1.71 bits per heavy atom. The molecule has 0 nitrogen and oxygen atoms in total. The lowest BCUT2D eigenvalue weighted by molar-refractivity contribution is 0.330. The highest BCUT2D eigenvalue weighted by Crippen LogP contribution is 2.37. The molecule has 1 heteroatoms. The lowest BCUT2D eigenvalue weighted by Gasteiger charge is -2.29. The SMILES string of the molecule is C[C@H]1CCCCC1c1ccc(F)cc1. The minimum atomic E-state index is -0.128. The van der Waals surface area contributed by atoms with Crippen LogP contribution >= 0.6 is 0 Å². The van der Waals surface area contributed by atoms with Crippen LogP contribution in [0.4, 0.5) is 4.39 Å². The first-order chi connectivity index (χ1) is 6.77. The van der Waals surface area contributed by atoms with E-state index in [1.807, 2.05) is 12.1 Å². The van der Waals surface area contributed by atoms with Gasteiger partial charge in [0.05, 0.1) is 0 Å². The molecular formula is C13H17F. The summed E-state index contributed by atoms with van der Waals surface area (Å²) in [5.41, 5.74) is 1.32. The van der Waals surface area contributed by atoms with Crippen molar-refractivity contribution in [1.82, 2.24) is 0 Å². The second kappa shape index (κ2) is 4.12. The van der Waals surface area contributed by atoms with E-state index in [0.717, 1.165) is 5.92 Å². The van der Waals surface area contributed by atoms with Gasteiger partial charge in [-0.2, -0.15) is 0 Å². The molecule has 0 radical (unpaired) electrons. The van der Waals surface area contributed by atoms with Crippen LogP contribution in [0.2, 0.25) is 0 Å². The molecule has 1 aromatic carbocycles. The molecule has 1 unspecified atom stereocenters. The minimum Gasteiger partial charge on any atom is -0.207 e. The van der Waals surface area contributed by atoms with Crippen molar-refractivity contribution in [3.8, 4) is 0 Å². The van der Waals surface area contributed by atoms with Crippen LogP contribution in [0.15, 0.2) is 24.3 Å². The van der Waals surface area contributed by atoms with E-state index in [4.69, 9.17) is 0 Å². The van der Waals surface area contributed by atoms with E-state index in [9.17, 15) is 4.39 Å². The van der Waals surface area contributed by atoms with E-state index < -0.39 is 0 Å². The third-order valence-electron chi connectivity index (χ3n) is 3.41. The summed E-state index contributed by atoms with van der Waals surface area (Å²) >= 11 is 0. The van der Waals surface area contributed by atoms with Gasteiger partial charge in [-0.1, -0.05) is 38.3 Å². The average molecular weight is 192 g/mol. The van der Waals surface area contributed by atoms with E-state index in [-0.39, 0.29) is 5.82 Å². The van der Waals surface area contributed by atoms with Crippen LogP contribution in [0.1, 0.15) is 44.1 Å². The molecule has 0 heterocycles. The molecule has 0 bridgehead atoms. The average Bonchev–Trinajstić information content (AvgIpc) is 2.20. The molecule has 1 aliphatic rings. The molecule has 1 aromatic rings. The summed E-state index contributed by atoms with van der Waals surface area (Å²) in [7, 11) is 0. The van der Waals surface area contributed by atoms with Gasteiger partial charge in [0.15, 0.2) is 0 Å². The zero-order valence-corrected chi connectivity index (χ0v) is 8.67. The summed E-state index contributed by atoms with van der Waals surface area (Å²) in [6, 6.07) is 7.05. The maximum atomic E-state index is 12.8. The molecular weight excluding hydrogens is 175 g/mol. The zero-order chi connectivity index (χ0) is 9.97. The monoisotopic (exact) mass is 192 g/mol. The van der Waals surface area contributed by atoms with Gasteiger partial charge >= 0.3 is 0 Å². The Morgan fingerprint density at radius 1 is 1.07 bits per heavy atom. The first kappa shape index (κ1) is 9.70. The van der Waals surface area contributed by atoms with Crippen LogP contribution in [-0.4, -0.2) is 0 Å². The van der Waals surface area contributed by atoms with Crippen molar-refractivity contribution < 1.29 is 4.39 Å². The number of hydrogen-bond acceptors (Lipinski definition) is 0. The second-order valence-corrected chi connectivity index (χ2v) is 4.42. The fraction of sp³-hybridized carbons (Fsp3) is 0.538. The first-order valence-electron chi connectivity index (χ1n) is 5.53. The summed E-state index contributed by atoms with van der Waals surface area (Å²) in [5, 5.41) is 0. The first-order valence-corrected chi connectivity index (χ1v) is 5.53. The van der Waals surface area contributed by atoms with Crippen molar-refractivity contribution in [2.45, 2.75) is 38.5 Å². The molecule has 1 aliphatic carbocycles. The molecule has 2 atom stereocenters. The fourth-order valence-electron chi connectivity index (χ4n) is 2.52. The molecule has 1 saturated carbocycles. The van der Waals surface area contributed by atoms with Gasteiger partial charge in [-0.05, 0) is 36.0 Å². The predicted octanol–water partition coefficient (Wildman–Crippen LogP) is 4.12. The van der Waals surface area contributed by atoms with Gasteiger partial charge < -0.3 is 0 Å². The van der Waals surface area contributed by atoms with Crippen molar-refractivity contribution in [3.63, 3.8) is 0 Å². The third-order valence-corrected chi connectivity index (χ3v) is 3.41. The van der Waals surface area contributed by atoms with Crippen LogP contribution in [0.25, 0.3) is 0 Å². The Balaban J connectivity index is 2.16. The van der Waals surface area contributed by atoms with E-state index in [1.165, 1.54) is 31.2 Å². The highest BCUT2D eigenvalue weighted by Gasteiger charge is 2.22. The van der Waals surface area contributed by atoms with Crippen molar-refractivity contribution in [2.75, 3.05) is 0 Å². The van der Waals surface area contributed by atoms with Crippen LogP contribution in [0.3, 0.4) is 0 Å². The third kappa shape index (κ3) is 1.97. The standard InChI is InChI=1S/C13H17F/c1-10-4-2-3-5-13(10)11-6-8-12(14)9-7-11/h6-10,13H,2-5H2,1H3/t10-,13?/m0/s1. The predicted molar refractivity (Wildman–Crippen MR) is 56.8 cm³/mol. The smallest absolute Gasteiger partial charge is 0.123 e. The molecule has 14 heavy (non-hydrogen) atoms. The van der Waals surface area contributed by atoms with Gasteiger partial charge in [-0.25, -0.2) is 4.39 Å². The molecule has 0 amide bonds. The van der Waals surface area contributed by atoms with Gasteiger partial charge in [0.2, 0.25) is 0 Å². The molecule has 0 N–H and O–H groups in total. The van der Waals surface area contributed by atoms with Gasteiger partial charge in [0.25, 0.3) is 0 Å². The molecule has 0 aromatic heterocycles. The second-order valence-electron chi connectivity index (χ2n) is 4.42. The molecule has 2 rings (SSSR count). The van der Waals surface area contributed by atoms with Crippen LogP contribution in [0.5, 0.6) is 0 Å². The number of benzene rings is 1. The quantitative estimate of drug-likeness (QED) is 0.628. The lowest BCUT2D eigenvalue weighted by Crippen LogP contribution is -2.14. The molecule has 0 spiro atoms. The summed E-state index contributed by atoms with van der Waals surface area (Å²) in [6.45, 7) is 2.31. The van der Waals surface area contributed by atoms with Crippen molar-refractivity contribution in [1.29, 1.82) is 0 Å². The topological polar surface area (TPSA) is 0 Å². The Labute approximate surface area is 85.1 Å². The Kier molecular flexibility index (Phi) is 2.85. The van der Waals surface area contributed by atoms with Gasteiger partial charge in [-0.15, -0.1) is 0 Å². The number of halogens is 1. The Hall–Kier alpha value is -0.850. The van der Waals surface area contributed by atoms with Crippen molar-refractivity contribution in [3.05, 3.63) is 35.6 Å².